The van der Waals surface area contributed by atoms with Gasteiger partial charge in [0.1, 0.15) is 12.6 Å². The van der Waals surface area contributed by atoms with E-state index in [0.717, 1.165) is 21.0 Å². The molecule has 4 aromatic rings. The largest absolute Gasteiger partial charge is 0.735 e. The van der Waals surface area contributed by atoms with Crippen molar-refractivity contribution in [2.24, 2.45) is 0 Å². The zero-order chi connectivity index (χ0) is 30.0. The second kappa shape index (κ2) is 12.2. The molecule has 218 valence electrons. The molecule has 1 aliphatic heterocycles. The van der Waals surface area contributed by atoms with Gasteiger partial charge in [-0.25, -0.2) is 17.6 Å². The van der Waals surface area contributed by atoms with Crippen molar-refractivity contribution in [1.82, 2.24) is 9.21 Å². The summed E-state index contributed by atoms with van der Waals surface area (Å²) >= 11 is 0. The van der Waals surface area contributed by atoms with Gasteiger partial charge in [0.2, 0.25) is 6.34 Å². The lowest BCUT2D eigenvalue weighted by molar-refractivity contribution is -0.578. The third-order valence-electron chi connectivity index (χ3n) is 8.57. The van der Waals surface area contributed by atoms with E-state index < -0.39 is 22.4 Å². The summed E-state index contributed by atoms with van der Waals surface area (Å²) in [5.41, 5.74) is 8.21. The molecular formula is C35H39N3O3S. The summed E-state index contributed by atoms with van der Waals surface area (Å²) in [5.74, 6) is 0. The Balaban J connectivity index is 1.74. The summed E-state index contributed by atoms with van der Waals surface area (Å²) in [4.78, 5) is 2.27. The maximum atomic E-state index is 12.3. The summed E-state index contributed by atoms with van der Waals surface area (Å²) in [7, 11) is -3.30. The molecule has 0 aromatic heterocycles. The van der Waals surface area contributed by atoms with Crippen molar-refractivity contribution in [3.8, 4) is 0 Å². The van der Waals surface area contributed by atoms with Gasteiger partial charge in [0.05, 0.1) is 6.04 Å². The van der Waals surface area contributed by atoms with Crippen LogP contribution in [0.15, 0.2) is 103 Å². The van der Waals surface area contributed by atoms with Crippen LogP contribution in [0, 0.1) is 20.8 Å². The highest BCUT2D eigenvalue weighted by Crippen LogP contribution is 2.46. The van der Waals surface area contributed by atoms with Crippen molar-refractivity contribution in [1.29, 1.82) is 0 Å². The fraction of sp³-hybridized carbons (Fsp3) is 0.286. The minimum atomic E-state index is -4.68. The Morgan fingerprint density at radius 3 is 1.86 bits per heavy atom. The zero-order valence-corrected chi connectivity index (χ0v) is 25.7. The lowest BCUT2D eigenvalue weighted by Crippen LogP contribution is -2.45. The third-order valence-corrected chi connectivity index (χ3v) is 9.61. The fourth-order valence-corrected chi connectivity index (χ4v) is 6.99. The first-order valence-corrected chi connectivity index (χ1v) is 15.7. The van der Waals surface area contributed by atoms with Crippen LogP contribution in [0.4, 0.5) is 0 Å². The van der Waals surface area contributed by atoms with Crippen LogP contribution in [0.1, 0.15) is 64.0 Å². The Morgan fingerprint density at radius 1 is 0.833 bits per heavy atom. The summed E-state index contributed by atoms with van der Waals surface area (Å²) in [6, 6.07) is 33.9. The molecule has 1 heterocycles. The molecule has 0 bridgehead atoms. The molecule has 0 saturated heterocycles. The van der Waals surface area contributed by atoms with Gasteiger partial charge >= 0.3 is 0 Å². The van der Waals surface area contributed by atoms with Gasteiger partial charge in [0.25, 0.3) is 0 Å². The zero-order valence-electron chi connectivity index (χ0n) is 24.9. The average molecular weight is 582 g/mol. The van der Waals surface area contributed by atoms with Crippen LogP contribution >= 0.6 is 0 Å². The Bertz CT molecular complexity index is 1630. The molecule has 4 aromatic carbocycles. The van der Waals surface area contributed by atoms with Crippen LogP contribution in [0.2, 0.25) is 0 Å². The van der Waals surface area contributed by atoms with Crippen LogP contribution < -0.4 is 0 Å². The van der Waals surface area contributed by atoms with E-state index in [4.69, 9.17) is 0 Å². The maximum Gasteiger partial charge on any atom is 0.236 e. The normalized spacial score (nSPS) is 18.6. The number of hydrogen-bond donors (Lipinski definition) is 0. The summed E-state index contributed by atoms with van der Waals surface area (Å²) in [6.45, 7) is 8.95. The van der Waals surface area contributed by atoms with E-state index in [1.54, 1.807) is 0 Å². The van der Waals surface area contributed by atoms with Gasteiger partial charge in [-0.3, -0.25) is 4.58 Å². The Labute approximate surface area is 250 Å². The van der Waals surface area contributed by atoms with Crippen molar-refractivity contribution in [3.05, 3.63) is 142 Å². The number of hydrogen-bond acceptors (Lipinski definition) is 4. The second-order valence-corrected chi connectivity index (χ2v) is 12.8. The topological polar surface area (TPSA) is 66.7 Å². The molecule has 7 heteroatoms. The van der Waals surface area contributed by atoms with Gasteiger partial charge in [-0.05, 0) is 49.9 Å². The second-order valence-electron chi connectivity index (χ2n) is 11.4. The first kappa shape index (κ1) is 29.7. The lowest BCUT2D eigenvalue weighted by Gasteiger charge is -2.37. The fourth-order valence-electron chi connectivity index (χ4n) is 6.47. The molecule has 4 atom stereocenters. The van der Waals surface area contributed by atoms with E-state index in [1.165, 1.54) is 29.3 Å². The van der Waals surface area contributed by atoms with Crippen molar-refractivity contribution in [3.63, 3.8) is 0 Å². The number of benzene rings is 4. The molecular weight excluding hydrogens is 542 g/mol. The highest BCUT2D eigenvalue weighted by molar-refractivity contribution is 7.83. The molecule has 1 aliphatic rings. The van der Waals surface area contributed by atoms with Gasteiger partial charge in [0, 0.05) is 18.2 Å². The standard InChI is InChI=1S/C35H39N3O3S/c1-25-21-26(2)32(27(3)22-25)23-37-24-38(33(29-15-9-6-10-16-29)28(4)36(5)42(39,40)41)35(31-19-13-8-14-20-31)34(37)30-17-11-7-12-18-30/h6-22,24,28,33-35H,23H2,1-5H3/t28-,33-,34+,35+/m1/s1. The quantitative estimate of drug-likeness (QED) is 0.168. The monoisotopic (exact) mass is 581 g/mol. The first-order valence-electron chi connectivity index (χ1n) is 14.3. The number of rotatable bonds is 9. The number of likely N-dealkylation sites (N-methyl/N-ethyl adjacent to an activating group) is 1. The first-order chi connectivity index (χ1) is 20.1. The Morgan fingerprint density at radius 2 is 1.33 bits per heavy atom. The van der Waals surface area contributed by atoms with E-state index in [-0.39, 0.29) is 12.1 Å². The van der Waals surface area contributed by atoms with Gasteiger partial charge in [-0.2, -0.15) is 0 Å². The van der Waals surface area contributed by atoms with E-state index in [0.29, 0.717) is 6.54 Å². The molecule has 0 spiro atoms. The molecule has 0 unspecified atom stereocenters. The predicted octanol–water partition coefficient (Wildman–Crippen LogP) is 6.47. The molecule has 0 N–H and O–H groups in total. The third kappa shape index (κ3) is 6.04. The van der Waals surface area contributed by atoms with Crippen molar-refractivity contribution < 1.29 is 17.5 Å². The highest BCUT2D eigenvalue weighted by Gasteiger charge is 2.49. The molecule has 6 nitrogen and oxygen atoms in total. The van der Waals surface area contributed by atoms with Crippen molar-refractivity contribution >= 4 is 16.6 Å². The smallest absolute Gasteiger partial charge is 0.236 e. The molecule has 0 saturated carbocycles. The summed E-state index contributed by atoms with van der Waals surface area (Å²) in [6.07, 6.45) is 2.16. The van der Waals surface area contributed by atoms with Crippen LogP contribution in [0.3, 0.4) is 0 Å². The minimum Gasteiger partial charge on any atom is -0.735 e. The van der Waals surface area contributed by atoms with Gasteiger partial charge in [-0.15, -0.1) is 0 Å². The van der Waals surface area contributed by atoms with Crippen LogP contribution in [-0.4, -0.2) is 46.2 Å². The van der Waals surface area contributed by atoms with Crippen molar-refractivity contribution in [2.75, 3.05) is 7.05 Å². The van der Waals surface area contributed by atoms with E-state index in [9.17, 15) is 13.0 Å². The van der Waals surface area contributed by atoms with Crippen molar-refractivity contribution in [2.45, 2.75) is 58.4 Å². The molecule has 0 fully saturated rings. The Hall–Kier alpha value is -3.78. The van der Waals surface area contributed by atoms with Crippen LogP contribution in [0.25, 0.3) is 0 Å². The van der Waals surface area contributed by atoms with Crippen LogP contribution in [-0.2, 0) is 16.8 Å². The summed E-state index contributed by atoms with van der Waals surface area (Å²) < 4.78 is 40.2. The molecule has 0 aliphatic carbocycles. The average Bonchev–Trinajstić information content (AvgIpc) is 3.34. The molecule has 0 amide bonds. The van der Waals surface area contributed by atoms with Crippen LogP contribution in [0.5, 0.6) is 0 Å². The highest BCUT2D eigenvalue weighted by atomic mass is 32.2. The van der Waals surface area contributed by atoms with Gasteiger partial charge < -0.3 is 4.55 Å². The molecule has 42 heavy (non-hydrogen) atoms. The van der Waals surface area contributed by atoms with E-state index in [2.05, 4.69) is 85.1 Å². The van der Waals surface area contributed by atoms with Gasteiger partial charge in [0.15, 0.2) is 22.4 Å². The maximum absolute atomic E-state index is 12.3. The Kier molecular flexibility index (Phi) is 8.64. The van der Waals surface area contributed by atoms with E-state index >= 15 is 0 Å². The number of nitrogens with zero attached hydrogens (tertiary/aromatic N) is 3. The number of aryl methyl sites for hydroxylation is 3. The summed E-state index contributed by atoms with van der Waals surface area (Å²) in [5, 5.41) is 0. The minimum absolute atomic E-state index is 0.0683. The molecule has 5 rings (SSSR count). The van der Waals surface area contributed by atoms with E-state index in [1.807, 2.05) is 61.5 Å². The molecule has 0 radical (unpaired) electrons. The lowest BCUT2D eigenvalue weighted by atomic mass is 9.89. The SMILES string of the molecule is Cc1cc(C)c(C[N+]2=CN([C@@H](c3ccccc3)[C@@H](C)N(C)S(=O)(=O)[O-])[C@@H](c3ccccc3)[C@@H]2c2ccccc2)c(C)c1. The van der Waals surface area contributed by atoms with Gasteiger partial charge in [-0.1, -0.05) is 109 Å². The predicted molar refractivity (Wildman–Crippen MR) is 167 cm³/mol.